The summed E-state index contributed by atoms with van der Waals surface area (Å²) >= 11 is 0. The third-order valence-electron chi connectivity index (χ3n) is 4.00. The molecular formula is C16H25N3O. The van der Waals surface area contributed by atoms with E-state index in [0.717, 1.165) is 30.9 Å². The summed E-state index contributed by atoms with van der Waals surface area (Å²) < 4.78 is 0. The lowest BCUT2D eigenvalue weighted by molar-refractivity contribution is -0.120. The molecule has 0 aromatic heterocycles. The van der Waals surface area contributed by atoms with Crippen LogP contribution in [0.25, 0.3) is 0 Å². The minimum absolute atomic E-state index is 0.190. The number of rotatable bonds is 4. The minimum atomic E-state index is 0.190. The van der Waals surface area contributed by atoms with Gasteiger partial charge < -0.3 is 10.2 Å². The van der Waals surface area contributed by atoms with Crippen LogP contribution in [-0.2, 0) is 4.79 Å². The predicted octanol–water partition coefficient (Wildman–Crippen LogP) is 1.64. The van der Waals surface area contributed by atoms with Crippen LogP contribution in [0.2, 0.25) is 0 Å². The van der Waals surface area contributed by atoms with Gasteiger partial charge in [-0.05, 0) is 32.4 Å². The molecule has 110 valence electrons. The van der Waals surface area contributed by atoms with Gasteiger partial charge in [-0.2, -0.15) is 0 Å². The van der Waals surface area contributed by atoms with Crippen LogP contribution in [0, 0.1) is 6.92 Å². The Hall–Kier alpha value is -1.39. The average Bonchev–Trinajstić information content (AvgIpc) is 2.44. The van der Waals surface area contributed by atoms with Crippen molar-refractivity contribution >= 4 is 11.6 Å². The number of nitrogens with zero attached hydrogens (tertiary/aromatic N) is 2. The lowest BCUT2D eigenvalue weighted by Gasteiger charge is -2.35. The Labute approximate surface area is 121 Å². The molecule has 1 fully saturated rings. The monoisotopic (exact) mass is 275 g/mol. The fraction of sp³-hybridized carbons (Fsp3) is 0.562. The SMILES string of the molecule is CCN(C(=O)CN1CCNC[C@H]1C)c1ccccc1C. The number of carbonyl (C=O) groups excluding carboxylic acids is 1. The first-order chi connectivity index (χ1) is 9.63. The molecule has 0 saturated carbocycles. The number of para-hydroxylation sites is 1. The first kappa shape index (κ1) is 15.0. The molecule has 0 spiro atoms. The van der Waals surface area contributed by atoms with E-state index in [1.807, 2.05) is 30.0 Å². The molecule has 1 aliphatic heterocycles. The van der Waals surface area contributed by atoms with E-state index in [9.17, 15) is 4.79 Å². The summed E-state index contributed by atoms with van der Waals surface area (Å²) in [4.78, 5) is 16.8. The molecule has 1 aliphatic rings. The van der Waals surface area contributed by atoms with Gasteiger partial charge >= 0.3 is 0 Å². The van der Waals surface area contributed by atoms with E-state index in [1.54, 1.807) is 0 Å². The van der Waals surface area contributed by atoms with Crippen LogP contribution in [0.1, 0.15) is 19.4 Å². The highest BCUT2D eigenvalue weighted by Crippen LogP contribution is 2.19. The van der Waals surface area contributed by atoms with E-state index in [1.165, 1.54) is 0 Å². The molecule has 1 atom stereocenters. The second-order valence-electron chi connectivity index (χ2n) is 5.45. The van der Waals surface area contributed by atoms with E-state index in [-0.39, 0.29) is 5.91 Å². The Bertz CT molecular complexity index is 461. The zero-order chi connectivity index (χ0) is 14.5. The second-order valence-corrected chi connectivity index (χ2v) is 5.45. The number of hydrogen-bond acceptors (Lipinski definition) is 3. The number of hydrogen-bond donors (Lipinski definition) is 1. The van der Waals surface area contributed by atoms with E-state index in [2.05, 4.69) is 30.1 Å². The molecule has 0 aliphatic carbocycles. The molecule has 4 heteroatoms. The Kier molecular flexibility index (Phi) is 5.15. The van der Waals surface area contributed by atoms with Crippen molar-refractivity contribution < 1.29 is 4.79 Å². The summed E-state index contributed by atoms with van der Waals surface area (Å²) in [6.45, 7) is 10.3. The van der Waals surface area contributed by atoms with Gasteiger partial charge in [-0.25, -0.2) is 0 Å². The van der Waals surface area contributed by atoms with Crippen LogP contribution in [-0.4, -0.2) is 49.6 Å². The number of aryl methyl sites for hydroxylation is 1. The van der Waals surface area contributed by atoms with Crippen molar-refractivity contribution in [2.24, 2.45) is 0 Å². The van der Waals surface area contributed by atoms with Gasteiger partial charge in [-0.3, -0.25) is 9.69 Å². The predicted molar refractivity (Wildman–Crippen MR) is 83.1 cm³/mol. The lowest BCUT2D eigenvalue weighted by Crippen LogP contribution is -2.53. The van der Waals surface area contributed by atoms with Crippen LogP contribution in [0.4, 0.5) is 5.69 Å². The van der Waals surface area contributed by atoms with Crippen molar-refractivity contribution in [3.8, 4) is 0 Å². The first-order valence-electron chi connectivity index (χ1n) is 7.44. The molecule has 1 saturated heterocycles. The number of benzene rings is 1. The van der Waals surface area contributed by atoms with Crippen LogP contribution in [0.3, 0.4) is 0 Å². The van der Waals surface area contributed by atoms with Crippen LogP contribution >= 0.6 is 0 Å². The maximum Gasteiger partial charge on any atom is 0.241 e. The van der Waals surface area contributed by atoms with Crippen LogP contribution in [0.5, 0.6) is 0 Å². The molecule has 20 heavy (non-hydrogen) atoms. The van der Waals surface area contributed by atoms with Crippen molar-refractivity contribution in [1.29, 1.82) is 0 Å². The van der Waals surface area contributed by atoms with Gasteiger partial charge in [-0.15, -0.1) is 0 Å². The average molecular weight is 275 g/mol. The lowest BCUT2D eigenvalue weighted by atomic mass is 10.1. The van der Waals surface area contributed by atoms with Gasteiger partial charge in [0.1, 0.15) is 0 Å². The molecular weight excluding hydrogens is 250 g/mol. The van der Waals surface area contributed by atoms with Gasteiger partial charge in [0.15, 0.2) is 0 Å². The molecule has 0 unspecified atom stereocenters. The fourth-order valence-electron chi connectivity index (χ4n) is 2.72. The van der Waals surface area contributed by atoms with Crippen LogP contribution < -0.4 is 10.2 Å². The van der Waals surface area contributed by atoms with Crippen LogP contribution in [0.15, 0.2) is 24.3 Å². The highest BCUT2D eigenvalue weighted by atomic mass is 16.2. The Morgan fingerprint density at radius 3 is 2.85 bits per heavy atom. The highest BCUT2D eigenvalue weighted by Gasteiger charge is 2.23. The Balaban J connectivity index is 2.08. The smallest absolute Gasteiger partial charge is 0.241 e. The van der Waals surface area contributed by atoms with E-state index < -0.39 is 0 Å². The standard InChI is InChI=1S/C16H25N3O/c1-4-19(15-8-6-5-7-13(15)2)16(20)12-18-10-9-17-11-14(18)3/h5-8,14,17H,4,9-12H2,1-3H3/t14-/m1/s1. The topological polar surface area (TPSA) is 35.6 Å². The van der Waals surface area contributed by atoms with Crippen molar-refractivity contribution in [3.05, 3.63) is 29.8 Å². The zero-order valence-electron chi connectivity index (χ0n) is 12.7. The first-order valence-corrected chi connectivity index (χ1v) is 7.44. The quantitative estimate of drug-likeness (QED) is 0.907. The number of piperazine rings is 1. The number of amides is 1. The number of anilines is 1. The van der Waals surface area contributed by atoms with Gasteiger partial charge in [0, 0.05) is 37.9 Å². The fourth-order valence-corrected chi connectivity index (χ4v) is 2.72. The number of likely N-dealkylation sites (N-methyl/N-ethyl adjacent to an activating group) is 1. The Morgan fingerprint density at radius 1 is 1.45 bits per heavy atom. The van der Waals surface area contributed by atoms with Crippen molar-refractivity contribution in [2.75, 3.05) is 37.6 Å². The summed E-state index contributed by atoms with van der Waals surface area (Å²) in [5.41, 5.74) is 2.18. The maximum atomic E-state index is 12.6. The summed E-state index contributed by atoms with van der Waals surface area (Å²) in [5, 5.41) is 3.36. The minimum Gasteiger partial charge on any atom is -0.314 e. The molecule has 1 heterocycles. The number of nitrogens with one attached hydrogen (secondary N) is 1. The molecule has 4 nitrogen and oxygen atoms in total. The van der Waals surface area contributed by atoms with Gasteiger partial charge in [0.25, 0.3) is 0 Å². The summed E-state index contributed by atoms with van der Waals surface area (Å²) in [6, 6.07) is 8.50. The molecule has 1 amide bonds. The van der Waals surface area contributed by atoms with E-state index in [0.29, 0.717) is 19.1 Å². The molecule has 0 radical (unpaired) electrons. The van der Waals surface area contributed by atoms with Crippen molar-refractivity contribution in [2.45, 2.75) is 26.8 Å². The third-order valence-corrected chi connectivity index (χ3v) is 4.00. The second kappa shape index (κ2) is 6.86. The van der Waals surface area contributed by atoms with Gasteiger partial charge in [0.05, 0.1) is 6.54 Å². The van der Waals surface area contributed by atoms with Gasteiger partial charge in [0.2, 0.25) is 5.91 Å². The molecule has 1 aromatic carbocycles. The third kappa shape index (κ3) is 3.38. The van der Waals surface area contributed by atoms with E-state index >= 15 is 0 Å². The summed E-state index contributed by atoms with van der Waals surface area (Å²) in [7, 11) is 0. The largest absolute Gasteiger partial charge is 0.314 e. The molecule has 1 aromatic rings. The van der Waals surface area contributed by atoms with Crippen molar-refractivity contribution in [3.63, 3.8) is 0 Å². The van der Waals surface area contributed by atoms with Gasteiger partial charge in [-0.1, -0.05) is 18.2 Å². The van der Waals surface area contributed by atoms with E-state index in [4.69, 9.17) is 0 Å². The maximum absolute atomic E-state index is 12.6. The molecule has 1 N–H and O–H groups in total. The summed E-state index contributed by atoms with van der Waals surface area (Å²) in [5.74, 6) is 0.190. The normalized spacial score (nSPS) is 19.9. The van der Waals surface area contributed by atoms with Crippen molar-refractivity contribution in [1.82, 2.24) is 10.2 Å². The molecule has 2 rings (SSSR count). The summed E-state index contributed by atoms with van der Waals surface area (Å²) in [6.07, 6.45) is 0. The number of carbonyl (C=O) groups is 1. The Morgan fingerprint density at radius 2 is 2.20 bits per heavy atom. The molecule has 0 bridgehead atoms. The highest BCUT2D eigenvalue weighted by molar-refractivity contribution is 5.95. The zero-order valence-corrected chi connectivity index (χ0v) is 12.7.